The number of carbonyl (C=O) groups excluding carboxylic acids is 1. The van der Waals surface area contributed by atoms with E-state index in [1.165, 1.54) is 10.9 Å². The minimum absolute atomic E-state index is 0.0424. The standard InChI is InChI=1S/C11H17N5O4/c12-5-7-1-2-9(20-7)10(17)13-3-4-16-6-8(11(18)19)14-15-16/h6-7,9H,1-5,12H2,(H,13,17)(H,18,19). The van der Waals surface area contributed by atoms with E-state index in [0.717, 1.165) is 6.42 Å². The van der Waals surface area contributed by atoms with E-state index in [9.17, 15) is 9.59 Å². The summed E-state index contributed by atoms with van der Waals surface area (Å²) < 4.78 is 6.82. The van der Waals surface area contributed by atoms with Crippen LogP contribution in [0.15, 0.2) is 6.20 Å². The summed E-state index contributed by atoms with van der Waals surface area (Å²) in [6.07, 6.45) is 2.28. The fraction of sp³-hybridized carbons (Fsp3) is 0.636. The molecule has 2 atom stereocenters. The lowest BCUT2D eigenvalue weighted by atomic mass is 10.2. The first-order valence-electron chi connectivity index (χ1n) is 6.37. The van der Waals surface area contributed by atoms with E-state index in [4.69, 9.17) is 15.6 Å². The molecule has 1 aromatic rings. The van der Waals surface area contributed by atoms with Gasteiger partial charge in [-0.05, 0) is 12.8 Å². The Morgan fingerprint density at radius 1 is 1.55 bits per heavy atom. The lowest BCUT2D eigenvalue weighted by Gasteiger charge is -2.12. The van der Waals surface area contributed by atoms with Crippen LogP contribution in [0.2, 0.25) is 0 Å². The molecule has 1 aliphatic rings. The van der Waals surface area contributed by atoms with E-state index in [2.05, 4.69) is 15.6 Å². The molecule has 2 rings (SSSR count). The number of nitrogens with two attached hydrogens (primary N) is 1. The van der Waals surface area contributed by atoms with E-state index in [0.29, 0.717) is 26.1 Å². The van der Waals surface area contributed by atoms with Gasteiger partial charge in [0.2, 0.25) is 5.91 Å². The molecule has 9 nitrogen and oxygen atoms in total. The van der Waals surface area contributed by atoms with Crippen molar-refractivity contribution in [3.8, 4) is 0 Å². The normalized spacial score (nSPS) is 21.9. The Balaban J connectivity index is 1.72. The van der Waals surface area contributed by atoms with Crippen LogP contribution in [-0.4, -0.2) is 57.3 Å². The maximum Gasteiger partial charge on any atom is 0.358 e. The number of amides is 1. The topological polar surface area (TPSA) is 132 Å². The molecule has 0 spiro atoms. The summed E-state index contributed by atoms with van der Waals surface area (Å²) in [5.41, 5.74) is 5.35. The zero-order chi connectivity index (χ0) is 14.5. The second-order valence-electron chi connectivity index (χ2n) is 4.52. The molecule has 9 heteroatoms. The number of nitrogens with one attached hydrogen (secondary N) is 1. The van der Waals surface area contributed by atoms with Gasteiger partial charge in [0.25, 0.3) is 0 Å². The summed E-state index contributed by atoms with van der Waals surface area (Å²) in [7, 11) is 0. The van der Waals surface area contributed by atoms with Crippen molar-refractivity contribution < 1.29 is 19.4 Å². The largest absolute Gasteiger partial charge is 0.476 e. The highest BCUT2D eigenvalue weighted by Crippen LogP contribution is 2.18. The smallest absolute Gasteiger partial charge is 0.358 e. The van der Waals surface area contributed by atoms with Crippen molar-refractivity contribution in [1.82, 2.24) is 20.3 Å². The van der Waals surface area contributed by atoms with Crippen LogP contribution in [-0.2, 0) is 16.1 Å². The Morgan fingerprint density at radius 3 is 2.95 bits per heavy atom. The Kier molecular flexibility index (Phi) is 4.64. The predicted molar refractivity (Wildman–Crippen MR) is 66.9 cm³/mol. The number of rotatable bonds is 6. The molecule has 0 aromatic carbocycles. The Bertz CT molecular complexity index is 489. The van der Waals surface area contributed by atoms with E-state index >= 15 is 0 Å². The molecule has 0 aliphatic carbocycles. The van der Waals surface area contributed by atoms with Gasteiger partial charge in [-0.15, -0.1) is 5.10 Å². The minimum atomic E-state index is -1.13. The zero-order valence-corrected chi connectivity index (χ0v) is 10.9. The first kappa shape index (κ1) is 14.4. The van der Waals surface area contributed by atoms with E-state index in [-0.39, 0.29) is 17.7 Å². The molecule has 1 fully saturated rings. The van der Waals surface area contributed by atoms with Crippen LogP contribution in [0.1, 0.15) is 23.3 Å². The van der Waals surface area contributed by atoms with Crippen molar-refractivity contribution in [2.45, 2.75) is 31.6 Å². The summed E-state index contributed by atoms with van der Waals surface area (Å²) >= 11 is 0. The van der Waals surface area contributed by atoms with Crippen molar-refractivity contribution in [3.63, 3.8) is 0 Å². The predicted octanol–water partition coefficient (Wildman–Crippen LogP) is -1.40. The number of carboxylic acids is 1. The van der Waals surface area contributed by atoms with Gasteiger partial charge in [-0.25, -0.2) is 9.48 Å². The number of hydrogen-bond donors (Lipinski definition) is 3. The first-order valence-corrected chi connectivity index (χ1v) is 6.37. The number of hydrogen-bond acceptors (Lipinski definition) is 6. The first-order chi connectivity index (χ1) is 9.60. The monoisotopic (exact) mass is 283 g/mol. The van der Waals surface area contributed by atoms with Crippen LogP contribution < -0.4 is 11.1 Å². The summed E-state index contributed by atoms with van der Waals surface area (Å²) in [4.78, 5) is 22.4. The van der Waals surface area contributed by atoms with Crippen LogP contribution in [0.25, 0.3) is 0 Å². The summed E-state index contributed by atoms with van der Waals surface area (Å²) in [5, 5.41) is 18.5. The molecule has 20 heavy (non-hydrogen) atoms. The van der Waals surface area contributed by atoms with Gasteiger partial charge in [-0.1, -0.05) is 5.21 Å². The Labute approximate surface area is 115 Å². The van der Waals surface area contributed by atoms with Crippen LogP contribution in [0.5, 0.6) is 0 Å². The van der Waals surface area contributed by atoms with Crippen LogP contribution in [0.4, 0.5) is 0 Å². The molecule has 0 saturated carbocycles. The fourth-order valence-electron chi connectivity index (χ4n) is 1.99. The SMILES string of the molecule is NCC1CCC(C(=O)NCCn2cc(C(=O)O)nn2)O1. The van der Waals surface area contributed by atoms with Gasteiger partial charge in [0.05, 0.1) is 18.8 Å². The number of carboxylic acid groups (broad SMARTS) is 1. The molecular formula is C11H17N5O4. The molecule has 2 unspecified atom stereocenters. The summed E-state index contributed by atoms with van der Waals surface area (Å²) in [6, 6.07) is 0. The van der Waals surface area contributed by atoms with Crippen molar-refractivity contribution in [1.29, 1.82) is 0 Å². The van der Waals surface area contributed by atoms with E-state index in [1.807, 2.05) is 0 Å². The molecule has 2 heterocycles. The van der Waals surface area contributed by atoms with Gasteiger partial charge >= 0.3 is 5.97 Å². The molecule has 1 amide bonds. The molecule has 4 N–H and O–H groups in total. The van der Waals surface area contributed by atoms with Crippen LogP contribution in [0.3, 0.4) is 0 Å². The molecular weight excluding hydrogens is 266 g/mol. The molecule has 1 aromatic heterocycles. The number of nitrogens with zero attached hydrogens (tertiary/aromatic N) is 3. The third-order valence-corrected chi connectivity index (χ3v) is 3.06. The highest BCUT2D eigenvalue weighted by molar-refractivity contribution is 5.84. The fourth-order valence-corrected chi connectivity index (χ4v) is 1.99. The van der Waals surface area contributed by atoms with E-state index < -0.39 is 12.1 Å². The zero-order valence-electron chi connectivity index (χ0n) is 10.9. The van der Waals surface area contributed by atoms with Gasteiger partial charge in [0.1, 0.15) is 6.10 Å². The second kappa shape index (κ2) is 6.44. The summed E-state index contributed by atoms with van der Waals surface area (Å²) in [6.45, 7) is 1.09. The third kappa shape index (κ3) is 3.52. The van der Waals surface area contributed by atoms with Gasteiger partial charge < -0.3 is 20.9 Å². The average molecular weight is 283 g/mol. The lowest BCUT2D eigenvalue weighted by molar-refractivity contribution is -0.131. The number of ether oxygens (including phenoxy) is 1. The van der Waals surface area contributed by atoms with Gasteiger partial charge in [-0.3, -0.25) is 4.79 Å². The van der Waals surface area contributed by atoms with Crippen LogP contribution >= 0.6 is 0 Å². The Morgan fingerprint density at radius 2 is 2.35 bits per heavy atom. The molecule has 1 aliphatic heterocycles. The third-order valence-electron chi connectivity index (χ3n) is 3.06. The van der Waals surface area contributed by atoms with E-state index in [1.54, 1.807) is 0 Å². The van der Waals surface area contributed by atoms with Crippen LogP contribution in [0, 0.1) is 0 Å². The van der Waals surface area contributed by atoms with Crippen molar-refractivity contribution in [3.05, 3.63) is 11.9 Å². The summed E-state index contributed by atoms with van der Waals surface area (Å²) in [5.74, 6) is -1.31. The lowest BCUT2D eigenvalue weighted by Crippen LogP contribution is -2.37. The van der Waals surface area contributed by atoms with Crippen molar-refractivity contribution in [2.75, 3.05) is 13.1 Å². The quantitative estimate of drug-likeness (QED) is 0.584. The van der Waals surface area contributed by atoms with Crippen molar-refractivity contribution in [2.24, 2.45) is 5.73 Å². The highest BCUT2D eigenvalue weighted by Gasteiger charge is 2.29. The van der Waals surface area contributed by atoms with Crippen molar-refractivity contribution >= 4 is 11.9 Å². The molecule has 110 valence electrons. The van der Waals surface area contributed by atoms with Gasteiger partial charge in [-0.2, -0.15) is 0 Å². The second-order valence-corrected chi connectivity index (χ2v) is 4.52. The number of aromatic carboxylic acids is 1. The Hall–Kier alpha value is -2.00. The highest BCUT2D eigenvalue weighted by atomic mass is 16.5. The minimum Gasteiger partial charge on any atom is -0.476 e. The maximum atomic E-state index is 11.8. The molecule has 1 saturated heterocycles. The number of aromatic nitrogens is 3. The molecule has 0 bridgehead atoms. The van der Waals surface area contributed by atoms with Gasteiger partial charge in [0, 0.05) is 13.1 Å². The average Bonchev–Trinajstić information content (AvgIpc) is 3.07. The number of carbonyl (C=O) groups is 2. The molecule has 0 radical (unpaired) electrons. The maximum absolute atomic E-state index is 11.8. The van der Waals surface area contributed by atoms with Gasteiger partial charge in [0.15, 0.2) is 5.69 Å².